The zero-order valence-electron chi connectivity index (χ0n) is 42.3. The number of likely N-dealkylation sites (N-methyl/N-ethyl adjacent to an activating group) is 1. The zero-order valence-corrected chi connectivity index (χ0v) is 46.9. The Morgan fingerprint density at radius 3 is 1.89 bits per heavy atom. The molecule has 74 heavy (non-hydrogen) atoms. The van der Waals surface area contributed by atoms with Gasteiger partial charge in [-0.1, -0.05) is 84.0 Å². The maximum atomic E-state index is 13.2. The highest BCUT2D eigenvalue weighted by Gasteiger charge is 2.30. The zero-order chi connectivity index (χ0) is 53.1. The minimum absolute atomic E-state index is 0.0122. The molecule has 3 atom stereocenters. The van der Waals surface area contributed by atoms with E-state index in [2.05, 4.69) is 27.2 Å². The number of sulfonamides is 1. The number of nitrogens with one attached hydrogen (secondary N) is 3. The van der Waals surface area contributed by atoms with Gasteiger partial charge in [-0.3, -0.25) is 4.79 Å². The average molecular weight is 1140 g/mol. The number of ketones is 1. The van der Waals surface area contributed by atoms with Crippen molar-refractivity contribution in [3.8, 4) is 0 Å². The lowest BCUT2D eigenvalue weighted by molar-refractivity contribution is -0.119. The van der Waals surface area contributed by atoms with Gasteiger partial charge in [0, 0.05) is 90.7 Å². The summed E-state index contributed by atoms with van der Waals surface area (Å²) in [5, 5.41) is 7.93. The Labute approximate surface area is 457 Å². The highest BCUT2D eigenvalue weighted by molar-refractivity contribution is 7.91. The number of Topliss-reactive ketones (excluding diaryl/α,β-unsaturated/α-hetero) is 1. The van der Waals surface area contributed by atoms with E-state index in [0.717, 1.165) is 65.5 Å². The van der Waals surface area contributed by atoms with Crippen LogP contribution in [0.15, 0.2) is 82.6 Å². The molecule has 0 saturated heterocycles. The van der Waals surface area contributed by atoms with Gasteiger partial charge in [-0.25, -0.2) is 26.4 Å². The quantitative estimate of drug-likeness (QED) is 0.0409. The maximum Gasteiger partial charge on any atom is 0.314 e. The first-order valence-electron chi connectivity index (χ1n) is 25.4. The number of carbonyl (C=O) groups is 2. The fourth-order valence-corrected chi connectivity index (χ4v) is 13.0. The molecule has 3 N–H and O–H groups in total. The first-order valence-corrected chi connectivity index (χ1v) is 30.1. The van der Waals surface area contributed by atoms with Gasteiger partial charge in [-0.2, -0.15) is 0 Å². The largest absolute Gasteiger partial charge is 0.379 e. The molecule has 1 aliphatic carbocycles. The molecule has 4 aromatic carbocycles. The molecule has 0 fully saturated rings. The summed E-state index contributed by atoms with van der Waals surface area (Å²) in [6.07, 6.45) is 5.86. The van der Waals surface area contributed by atoms with Crippen LogP contribution in [0.25, 0.3) is 0 Å². The number of halogens is 4. The topological polar surface area (TPSA) is 179 Å². The fourth-order valence-electron chi connectivity index (χ4n) is 9.45. The predicted molar refractivity (Wildman–Crippen MR) is 293 cm³/mol. The van der Waals surface area contributed by atoms with E-state index in [1.807, 2.05) is 31.3 Å². The highest BCUT2D eigenvalue weighted by Crippen LogP contribution is 2.44. The van der Waals surface area contributed by atoms with Gasteiger partial charge in [-0.05, 0) is 133 Å². The number of hydrogen-bond acceptors (Lipinski definition) is 11. The number of rotatable bonds is 31. The maximum absolute atomic E-state index is 13.2. The van der Waals surface area contributed by atoms with E-state index in [0.29, 0.717) is 118 Å². The lowest BCUT2D eigenvalue weighted by Gasteiger charge is -2.33. The number of unbranched alkanes of at least 4 members (excludes halogenated alkanes) is 2. The molecular formula is C54H70Cl4N4O10S2. The van der Waals surface area contributed by atoms with Crippen LogP contribution in [0.3, 0.4) is 0 Å². The molecule has 0 spiro atoms. The molecule has 6 rings (SSSR count). The minimum Gasteiger partial charge on any atom is -0.379 e. The second kappa shape index (κ2) is 30.0. The van der Waals surface area contributed by atoms with Crippen molar-refractivity contribution in [1.29, 1.82) is 0 Å². The van der Waals surface area contributed by atoms with Gasteiger partial charge in [0.15, 0.2) is 9.84 Å². The smallest absolute Gasteiger partial charge is 0.314 e. The van der Waals surface area contributed by atoms with Crippen LogP contribution in [0.1, 0.15) is 104 Å². The molecule has 406 valence electrons. The Hall–Kier alpha value is -3.36. The van der Waals surface area contributed by atoms with E-state index in [4.69, 9.17) is 65.4 Å². The second-order valence-electron chi connectivity index (χ2n) is 19.1. The van der Waals surface area contributed by atoms with Gasteiger partial charge in [0.05, 0.1) is 55.2 Å². The summed E-state index contributed by atoms with van der Waals surface area (Å²) in [7, 11) is -5.29. The molecule has 20 heteroatoms. The van der Waals surface area contributed by atoms with Crippen LogP contribution >= 0.6 is 46.4 Å². The van der Waals surface area contributed by atoms with Crippen molar-refractivity contribution < 1.29 is 45.4 Å². The summed E-state index contributed by atoms with van der Waals surface area (Å²) in [6.45, 7) is 6.92. The van der Waals surface area contributed by atoms with Crippen LogP contribution in [0, 0.1) is 5.92 Å². The summed E-state index contributed by atoms with van der Waals surface area (Å²) in [5.41, 5.74) is 5.94. The molecule has 0 radical (unpaired) electrons. The van der Waals surface area contributed by atoms with Gasteiger partial charge in [0.25, 0.3) is 0 Å². The Morgan fingerprint density at radius 2 is 1.19 bits per heavy atom. The number of sulfone groups is 1. The van der Waals surface area contributed by atoms with Crippen molar-refractivity contribution >= 4 is 78.1 Å². The molecule has 1 heterocycles. The Bertz CT molecular complexity index is 2530. The molecule has 1 aliphatic heterocycles. The molecule has 2 aliphatic rings. The molecule has 0 saturated carbocycles. The normalized spacial score (nSPS) is 16.9. The van der Waals surface area contributed by atoms with Crippen molar-refractivity contribution in [2.45, 2.75) is 92.9 Å². The van der Waals surface area contributed by atoms with Gasteiger partial charge in [0.2, 0.25) is 10.0 Å². The fraction of sp³-hybridized carbons (Fsp3) is 0.519. The second-order valence-corrected chi connectivity index (χ2v) is 24.6. The van der Waals surface area contributed by atoms with Crippen LogP contribution < -0.4 is 15.4 Å². The number of benzene rings is 4. The first kappa shape index (κ1) is 59.9. The monoisotopic (exact) mass is 1140 g/mol. The van der Waals surface area contributed by atoms with Crippen LogP contribution in [0.5, 0.6) is 0 Å². The van der Waals surface area contributed by atoms with Gasteiger partial charge in [0.1, 0.15) is 5.78 Å². The van der Waals surface area contributed by atoms with Crippen molar-refractivity contribution in [2.24, 2.45) is 5.92 Å². The third-order valence-corrected chi connectivity index (χ3v) is 17.5. The molecule has 0 bridgehead atoms. The van der Waals surface area contributed by atoms with E-state index < -0.39 is 19.9 Å². The van der Waals surface area contributed by atoms with Gasteiger partial charge >= 0.3 is 6.03 Å². The molecule has 14 nitrogen and oxygen atoms in total. The van der Waals surface area contributed by atoms with E-state index in [1.165, 1.54) is 0 Å². The molecule has 4 aromatic rings. The number of amides is 2. The standard InChI is InChI=1S/C54H70Cl4N4O10S2/c1-38-28-46(47-32-41(55)34-52(57)49(47)29-38)39-10-7-15-45(31-39)74(67,68)61-18-22-72-26-23-69-19-8-13-43(63)12-4-3-5-16-59-54(64)60-17-21-71-25-24-70-20-9-27-73(65,66)44-14-6-11-40(30-44)50-36-62(2)37-51-48(50)33-42(56)35-53(51)58/h6-7,10-11,14-15,30-35,38,46,50,61H,3-5,8-9,12-13,16-29,36-37H2,1-2H3,(H2,59,60,64)/t38?,46-,50-/m0/s1. The Kier molecular flexibility index (Phi) is 24.2. The number of carbonyl (C=O) groups excluding carboxylic acids is 2. The van der Waals surface area contributed by atoms with Gasteiger partial charge in [-0.15, -0.1) is 0 Å². The van der Waals surface area contributed by atoms with Crippen molar-refractivity contribution in [3.05, 3.63) is 126 Å². The van der Waals surface area contributed by atoms with Crippen LogP contribution in [-0.2, 0) is 56.6 Å². The minimum atomic E-state index is -3.76. The summed E-state index contributed by atoms with van der Waals surface area (Å²) in [4.78, 5) is 27.1. The number of ether oxygens (including phenoxy) is 4. The average Bonchev–Trinajstić information content (AvgIpc) is 3.36. The summed E-state index contributed by atoms with van der Waals surface area (Å²) in [6, 6.07) is 21.2. The third kappa shape index (κ3) is 18.7. The number of nitrogens with zero attached hydrogens (tertiary/aromatic N) is 1. The van der Waals surface area contributed by atoms with Crippen LogP contribution in [-0.4, -0.2) is 125 Å². The van der Waals surface area contributed by atoms with E-state index in [1.54, 1.807) is 48.5 Å². The Balaban J connectivity index is 0.707. The van der Waals surface area contributed by atoms with E-state index >= 15 is 0 Å². The lowest BCUT2D eigenvalue weighted by Crippen LogP contribution is -2.37. The highest BCUT2D eigenvalue weighted by atomic mass is 35.5. The van der Waals surface area contributed by atoms with Crippen molar-refractivity contribution in [2.75, 3.05) is 91.8 Å². The third-order valence-electron chi connectivity index (χ3n) is 13.1. The summed E-state index contributed by atoms with van der Waals surface area (Å²) < 4.78 is 77.7. The summed E-state index contributed by atoms with van der Waals surface area (Å²) in [5.74, 6) is 0.430. The number of urea groups is 1. The van der Waals surface area contributed by atoms with Crippen molar-refractivity contribution in [3.63, 3.8) is 0 Å². The van der Waals surface area contributed by atoms with E-state index in [9.17, 15) is 26.4 Å². The SMILES string of the molecule is CC1Cc2c(Cl)cc(Cl)cc2[C@H](c2cccc(S(=O)(=O)NCCOCCOCCCC(=O)CCCCCNC(=O)NCCOCCOCCCS(=O)(=O)c3cccc([C@@H]4CN(C)Cc5c(Cl)cc(Cl)cc54)c3)c2)C1. The summed E-state index contributed by atoms with van der Waals surface area (Å²) >= 11 is 25.8. The molecular weight excluding hydrogens is 1070 g/mol. The Morgan fingerprint density at radius 1 is 0.622 bits per heavy atom. The van der Waals surface area contributed by atoms with Crippen LogP contribution in [0.4, 0.5) is 4.79 Å². The molecule has 2 amide bonds. The molecule has 1 unspecified atom stereocenters. The van der Waals surface area contributed by atoms with Crippen molar-refractivity contribution in [1.82, 2.24) is 20.3 Å². The lowest BCUT2D eigenvalue weighted by atomic mass is 9.74. The molecule has 0 aromatic heterocycles. The predicted octanol–water partition coefficient (Wildman–Crippen LogP) is 10.0. The van der Waals surface area contributed by atoms with E-state index in [-0.39, 0.29) is 59.0 Å². The number of fused-ring (bicyclic) bond motifs is 2. The first-order chi connectivity index (χ1) is 35.5. The van der Waals surface area contributed by atoms with Gasteiger partial charge < -0.3 is 34.5 Å². The number of hydrogen-bond donors (Lipinski definition) is 3. The van der Waals surface area contributed by atoms with Crippen LogP contribution in [0.2, 0.25) is 20.1 Å².